The molecule has 0 heterocycles. The molecule has 0 bridgehead atoms. The van der Waals surface area contributed by atoms with Gasteiger partial charge in [-0.3, -0.25) is 9.98 Å². The van der Waals surface area contributed by atoms with Crippen molar-refractivity contribution in [3.8, 4) is 0 Å². The van der Waals surface area contributed by atoms with Crippen molar-refractivity contribution >= 4 is 89.5 Å². The van der Waals surface area contributed by atoms with E-state index in [0.29, 0.717) is 45.9 Å². The van der Waals surface area contributed by atoms with E-state index in [-0.39, 0.29) is 12.7 Å². The molecular formula is C20H39N3O7S6. The minimum absolute atomic E-state index is 0.0846. The Balaban J connectivity index is 3.19. The maximum Gasteiger partial charge on any atom is 0.407 e. The predicted octanol–water partition coefficient (Wildman–Crippen LogP) is 4.30. The highest BCUT2D eigenvalue weighted by Crippen LogP contribution is 2.18. The van der Waals surface area contributed by atoms with E-state index in [4.69, 9.17) is 29.4 Å². The van der Waals surface area contributed by atoms with E-state index in [2.05, 4.69) is 15.3 Å². The number of thioether (sulfide) groups is 6. The summed E-state index contributed by atoms with van der Waals surface area (Å²) < 4.78 is 5.18. The van der Waals surface area contributed by atoms with Gasteiger partial charge in [-0.1, -0.05) is 0 Å². The van der Waals surface area contributed by atoms with E-state index in [0.717, 1.165) is 43.4 Å². The molecule has 16 heteroatoms. The number of ether oxygens (including phenoxy) is 1. The summed E-state index contributed by atoms with van der Waals surface area (Å²) >= 11 is 10.8. The number of hydrogen-bond donors (Lipinski definition) is 2. The lowest BCUT2D eigenvalue weighted by atomic mass is 10.5. The summed E-state index contributed by atoms with van der Waals surface area (Å²) in [6.45, 7) is 5.28. The average Bonchev–Trinajstić information content (AvgIpc) is 2.88. The third-order valence-corrected chi connectivity index (χ3v) is 10.5. The van der Waals surface area contributed by atoms with Crippen LogP contribution >= 0.6 is 70.6 Å². The second kappa shape index (κ2) is 33.2. The lowest BCUT2D eigenvalue weighted by Gasteiger charge is -2.07. The normalized spacial score (nSPS) is 11.4. The molecule has 0 aromatic heterocycles. The second-order valence-electron chi connectivity index (χ2n) is 6.10. The third kappa shape index (κ3) is 32.2. The second-order valence-corrected chi connectivity index (χ2v) is 14.0. The molecule has 2 N–H and O–H groups in total. The molecular weight excluding hydrogens is 587 g/mol. The van der Waals surface area contributed by atoms with Gasteiger partial charge >= 0.3 is 6.09 Å². The van der Waals surface area contributed by atoms with Crippen LogP contribution in [0.4, 0.5) is 4.79 Å². The van der Waals surface area contributed by atoms with Gasteiger partial charge in [-0.05, 0) is 13.3 Å². The molecule has 0 saturated carbocycles. The monoisotopic (exact) mass is 625 g/mol. The molecule has 0 aliphatic heterocycles. The van der Waals surface area contributed by atoms with Crippen LogP contribution in [-0.2, 0) is 24.3 Å². The largest absolute Gasteiger partial charge is 0.449 e. The number of nitrogens with one attached hydrogen (secondary N) is 1. The van der Waals surface area contributed by atoms with E-state index in [1.165, 1.54) is 12.8 Å². The maximum absolute atomic E-state index is 11.7. The Morgan fingerprint density at radius 2 is 1.42 bits per heavy atom. The number of aliphatic hydroxyl groups excluding tert-OH is 1. The summed E-state index contributed by atoms with van der Waals surface area (Å²) in [5.74, 6) is 3.43. The quantitative estimate of drug-likeness (QED) is 0.0321. The number of amides is 1. The van der Waals surface area contributed by atoms with Crippen LogP contribution in [-0.4, -0.2) is 113 Å². The lowest BCUT2D eigenvalue weighted by Crippen LogP contribution is -2.27. The van der Waals surface area contributed by atoms with Gasteiger partial charge in [-0.15, -0.1) is 70.6 Å². The number of rotatable bonds is 28. The fourth-order valence-electron chi connectivity index (χ4n) is 1.69. The van der Waals surface area contributed by atoms with E-state index in [1.54, 1.807) is 35.3 Å². The molecule has 0 fully saturated rings. The molecule has 0 rings (SSSR count). The molecule has 0 atom stereocenters. The van der Waals surface area contributed by atoms with Gasteiger partial charge in [-0.2, -0.15) is 9.78 Å². The highest BCUT2D eigenvalue weighted by atomic mass is 32.2. The van der Waals surface area contributed by atoms with Gasteiger partial charge in [-0.25, -0.2) is 4.79 Å². The molecule has 10 nitrogen and oxygen atoms in total. The molecule has 212 valence electrons. The van der Waals surface area contributed by atoms with Crippen molar-refractivity contribution in [2.45, 2.75) is 13.3 Å². The summed E-state index contributed by atoms with van der Waals surface area (Å²) in [5.41, 5.74) is 0. The third-order valence-electron chi connectivity index (χ3n) is 3.26. The molecule has 1 amide bonds. The Labute approximate surface area is 240 Å². The number of carbonyl (C=O) groups excluding carboxylic acids is 1. The smallest absolute Gasteiger partial charge is 0.407 e. The van der Waals surface area contributed by atoms with Gasteiger partial charge in [0.1, 0.15) is 13.2 Å². The molecule has 0 unspecified atom stereocenters. The number of aliphatic hydroxyl groups is 1. The minimum Gasteiger partial charge on any atom is -0.449 e. The highest BCUT2D eigenvalue weighted by molar-refractivity contribution is 8.23. The Morgan fingerprint density at radius 3 is 2.11 bits per heavy atom. The molecule has 0 radical (unpaired) electrons. The summed E-state index contributed by atoms with van der Waals surface area (Å²) in [6, 6.07) is 0. The zero-order valence-electron chi connectivity index (χ0n) is 20.7. The summed E-state index contributed by atoms with van der Waals surface area (Å²) in [4.78, 5) is 38.8. The Hall–Kier alpha value is 0.190. The highest BCUT2D eigenvalue weighted by Gasteiger charge is 2.01. The van der Waals surface area contributed by atoms with Crippen LogP contribution in [0.1, 0.15) is 13.3 Å². The fraction of sp³-hybridized carbons (Fsp3) is 0.850. The van der Waals surface area contributed by atoms with Gasteiger partial charge in [0.15, 0.2) is 0 Å². The first-order chi connectivity index (χ1) is 17.8. The number of nitrogens with zero attached hydrogens (tertiary/aromatic N) is 2. The van der Waals surface area contributed by atoms with Crippen molar-refractivity contribution in [2.75, 3.05) is 89.4 Å². The van der Waals surface area contributed by atoms with Crippen LogP contribution in [0.3, 0.4) is 0 Å². The summed E-state index contributed by atoms with van der Waals surface area (Å²) in [7, 11) is 0. The first-order valence-electron chi connectivity index (χ1n) is 11.3. The van der Waals surface area contributed by atoms with Crippen molar-refractivity contribution in [1.82, 2.24) is 5.32 Å². The molecule has 0 aromatic carbocycles. The molecule has 0 saturated heterocycles. The SMILES string of the molecule is CC/N=C\OOCCSCSCSCCOC(=O)NCCSCSCSCC/N=C/OOCCCO. The van der Waals surface area contributed by atoms with Gasteiger partial charge in [0.05, 0.1) is 13.2 Å². The van der Waals surface area contributed by atoms with E-state index >= 15 is 0 Å². The molecule has 0 spiro atoms. The van der Waals surface area contributed by atoms with Crippen LogP contribution in [0.5, 0.6) is 0 Å². The number of aliphatic imine (C=N–C) groups is 2. The number of carbonyl (C=O) groups is 1. The summed E-state index contributed by atoms with van der Waals surface area (Å²) in [6.07, 6.45) is 2.80. The minimum atomic E-state index is -0.350. The Bertz CT molecular complexity index is 528. The molecule has 0 aliphatic rings. The first kappa shape index (κ1) is 36.2. The zero-order chi connectivity index (χ0) is 26.2. The van der Waals surface area contributed by atoms with E-state index in [9.17, 15) is 4.79 Å². The molecule has 36 heavy (non-hydrogen) atoms. The van der Waals surface area contributed by atoms with Crippen molar-refractivity contribution in [3.63, 3.8) is 0 Å². The van der Waals surface area contributed by atoms with Crippen molar-refractivity contribution in [3.05, 3.63) is 0 Å². The van der Waals surface area contributed by atoms with Gasteiger partial charge in [0, 0.05) is 63.0 Å². The number of hydrogen-bond acceptors (Lipinski definition) is 15. The van der Waals surface area contributed by atoms with Crippen molar-refractivity contribution < 1.29 is 34.2 Å². The van der Waals surface area contributed by atoms with Gasteiger partial charge in [0.2, 0.25) is 12.8 Å². The van der Waals surface area contributed by atoms with E-state index < -0.39 is 0 Å². The van der Waals surface area contributed by atoms with E-state index in [1.807, 2.05) is 42.2 Å². The molecule has 0 aliphatic carbocycles. The fourth-order valence-corrected chi connectivity index (χ4v) is 8.10. The zero-order valence-corrected chi connectivity index (χ0v) is 25.6. The van der Waals surface area contributed by atoms with Crippen LogP contribution in [0, 0.1) is 0 Å². The standard InChI is InChI=1S/C20H39N3O7S6/c1-2-21-14-29-28-9-13-34-19-36-18-33-12-8-26-20(25)23-5-11-32-17-35-16-31-10-4-22-15-30-27-7-3-6-24/h14-15,24H,2-13,16-19H2,1H3,(H,23,25)/b21-14-,22-15+. The molecule has 0 aromatic rings. The maximum atomic E-state index is 11.7. The van der Waals surface area contributed by atoms with Crippen LogP contribution < -0.4 is 5.32 Å². The van der Waals surface area contributed by atoms with Crippen LogP contribution in [0.25, 0.3) is 0 Å². The number of alkyl carbamates (subject to hydrolysis) is 1. The first-order valence-corrected chi connectivity index (χ1v) is 18.2. The van der Waals surface area contributed by atoms with Crippen molar-refractivity contribution in [1.29, 1.82) is 0 Å². The topological polar surface area (TPSA) is 120 Å². The van der Waals surface area contributed by atoms with Crippen LogP contribution in [0.2, 0.25) is 0 Å². The predicted molar refractivity (Wildman–Crippen MR) is 162 cm³/mol. The summed E-state index contributed by atoms with van der Waals surface area (Å²) in [5, 5.41) is 15.3. The average molecular weight is 626 g/mol. The lowest BCUT2D eigenvalue weighted by molar-refractivity contribution is -0.218. The Morgan fingerprint density at radius 1 is 0.806 bits per heavy atom. The van der Waals surface area contributed by atoms with Crippen LogP contribution in [0.15, 0.2) is 9.98 Å². The van der Waals surface area contributed by atoms with Gasteiger partial charge < -0.3 is 24.9 Å². The Kier molecular flexibility index (Phi) is 33.4. The van der Waals surface area contributed by atoms with Crippen molar-refractivity contribution in [2.24, 2.45) is 9.98 Å². The van der Waals surface area contributed by atoms with Gasteiger partial charge in [0.25, 0.3) is 0 Å².